The average molecular weight is 384 g/mol. The zero-order chi connectivity index (χ0) is 19.4. The number of aryl methyl sites for hydroxylation is 1. The van der Waals surface area contributed by atoms with Gasteiger partial charge in [0.25, 0.3) is 5.91 Å². The highest BCUT2D eigenvalue weighted by Gasteiger charge is 2.26. The molecular weight excluding hydrogens is 362 g/mol. The zero-order valence-corrected chi connectivity index (χ0v) is 16.3. The summed E-state index contributed by atoms with van der Waals surface area (Å²) >= 11 is 5.93. The van der Waals surface area contributed by atoms with Gasteiger partial charge in [-0.15, -0.1) is 0 Å². The summed E-state index contributed by atoms with van der Waals surface area (Å²) in [6.07, 6.45) is 0.859. The molecule has 6 heteroatoms. The molecular formula is C21H22ClN3O2. The van der Waals surface area contributed by atoms with Gasteiger partial charge in [-0.05, 0) is 49.2 Å². The highest BCUT2D eigenvalue weighted by Crippen LogP contribution is 2.26. The van der Waals surface area contributed by atoms with Gasteiger partial charge in [-0.25, -0.2) is 0 Å². The van der Waals surface area contributed by atoms with Crippen molar-refractivity contribution in [1.29, 1.82) is 0 Å². The molecule has 0 saturated heterocycles. The molecule has 0 saturated carbocycles. The molecule has 0 radical (unpaired) electrons. The number of carbonyl (C=O) groups is 1. The molecule has 1 amide bonds. The predicted octanol–water partition coefficient (Wildman–Crippen LogP) is 5.22. The van der Waals surface area contributed by atoms with E-state index in [4.69, 9.17) is 16.1 Å². The van der Waals surface area contributed by atoms with Crippen LogP contribution in [0, 0.1) is 12.8 Å². The lowest BCUT2D eigenvalue weighted by molar-refractivity contribution is 0.0910. The quantitative estimate of drug-likeness (QED) is 0.633. The van der Waals surface area contributed by atoms with Gasteiger partial charge < -0.3 is 9.84 Å². The van der Waals surface area contributed by atoms with Gasteiger partial charge in [0.2, 0.25) is 11.7 Å². The molecule has 0 aliphatic rings. The van der Waals surface area contributed by atoms with E-state index in [1.807, 2.05) is 50.2 Å². The summed E-state index contributed by atoms with van der Waals surface area (Å²) in [7, 11) is 0. The average Bonchev–Trinajstić information content (AvgIpc) is 3.16. The van der Waals surface area contributed by atoms with Gasteiger partial charge in [0, 0.05) is 16.1 Å². The number of hydrogen-bond donors (Lipinski definition) is 1. The molecule has 1 heterocycles. The van der Waals surface area contributed by atoms with Crippen molar-refractivity contribution in [3.8, 4) is 11.4 Å². The first-order chi connectivity index (χ1) is 13.0. The number of rotatable bonds is 6. The third kappa shape index (κ3) is 4.55. The van der Waals surface area contributed by atoms with Crippen LogP contribution in [-0.4, -0.2) is 16.0 Å². The summed E-state index contributed by atoms with van der Waals surface area (Å²) in [6, 6.07) is 14.3. The van der Waals surface area contributed by atoms with E-state index >= 15 is 0 Å². The molecule has 1 aromatic heterocycles. The van der Waals surface area contributed by atoms with E-state index in [2.05, 4.69) is 22.4 Å². The SMILES string of the molecule is CC[C@H](C)[C@@H](NC(=O)c1ccc(C)cc1)c1nc(-c2ccc(Cl)cc2)no1. The van der Waals surface area contributed by atoms with Gasteiger partial charge in [-0.1, -0.05) is 54.7 Å². The molecule has 0 aliphatic carbocycles. The van der Waals surface area contributed by atoms with Crippen molar-refractivity contribution in [2.45, 2.75) is 33.2 Å². The Hall–Kier alpha value is -2.66. The molecule has 0 aliphatic heterocycles. The van der Waals surface area contributed by atoms with Crippen LogP contribution in [0.2, 0.25) is 5.02 Å². The summed E-state index contributed by atoms with van der Waals surface area (Å²) in [4.78, 5) is 17.2. The number of benzene rings is 2. The van der Waals surface area contributed by atoms with Crippen LogP contribution in [0.3, 0.4) is 0 Å². The number of nitrogens with one attached hydrogen (secondary N) is 1. The van der Waals surface area contributed by atoms with E-state index in [9.17, 15) is 4.79 Å². The number of hydrogen-bond acceptors (Lipinski definition) is 4. The summed E-state index contributed by atoms with van der Waals surface area (Å²) in [5.74, 6) is 0.846. The van der Waals surface area contributed by atoms with Crippen molar-refractivity contribution < 1.29 is 9.32 Å². The van der Waals surface area contributed by atoms with E-state index in [1.165, 1.54) is 0 Å². The van der Waals surface area contributed by atoms with Crippen molar-refractivity contribution in [1.82, 2.24) is 15.5 Å². The van der Waals surface area contributed by atoms with Crippen molar-refractivity contribution in [3.63, 3.8) is 0 Å². The Kier molecular flexibility index (Phi) is 5.91. The fourth-order valence-electron chi connectivity index (χ4n) is 2.69. The molecule has 0 unspecified atom stereocenters. The first-order valence-corrected chi connectivity index (χ1v) is 9.32. The Labute approximate surface area is 163 Å². The smallest absolute Gasteiger partial charge is 0.251 e. The van der Waals surface area contributed by atoms with E-state index in [0.717, 1.165) is 17.5 Å². The topological polar surface area (TPSA) is 68.0 Å². The molecule has 0 fully saturated rings. The maximum absolute atomic E-state index is 12.7. The van der Waals surface area contributed by atoms with E-state index < -0.39 is 0 Å². The van der Waals surface area contributed by atoms with Crippen LogP contribution in [0.4, 0.5) is 0 Å². The Morgan fingerprint density at radius 3 is 2.44 bits per heavy atom. The Morgan fingerprint density at radius 2 is 1.81 bits per heavy atom. The fourth-order valence-corrected chi connectivity index (χ4v) is 2.82. The summed E-state index contributed by atoms with van der Waals surface area (Å²) in [5.41, 5.74) is 2.52. The van der Waals surface area contributed by atoms with Crippen molar-refractivity contribution >= 4 is 17.5 Å². The van der Waals surface area contributed by atoms with Gasteiger partial charge in [0.05, 0.1) is 0 Å². The minimum absolute atomic E-state index is 0.137. The predicted molar refractivity (Wildman–Crippen MR) is 106 cm³/mol. The molecule has 3 rings (SSSR count). The van der Waals surface area contributed by atoms with Crippen molar-refractivity contribution in [2.24, 2.45) is 5.92 Å². The molecule has 2 atom stereocenters. The van der Waals surface area contributed by atoms with Crippen LogP contribution in [0.15, 0.2) is 53.1 Å². The maximum atomic E-state index is 12.7. The summed E-state index contributed by atoms with van der Waals surface area (Å²) in [6.45, 7) is 6.10. The number of carbonyl (C=O) groups excluding carboxylic acids is 1. The highest BCUT2D eigenvalue weighted by atomic mass is 35.5. The highest BCUT2D eigenvalue weighted by molar-refractivity contribution is 6.30. The van der Waals surface area contributed by atoms with Crippen molar-refractivity contribution in [2.75, 3.05) is 0 Å². The number of amides is 1. The molecule has 5 nitrogen and oxygen atoms in total. The molecule has 140 valence electrons. The van der Waals surface area contributed by atoms with Crippen LogP contribution in [-0.2, 0) is 0 Å². The van der Waals surface area contributed by atoms with E-state index in [1.54, 1.807) is 12.1 Å². The molecule has 0 bridgehead atoms. The second-order valence-corrected chi connectivity index (χ2v) is 7.10. The van der Waals surface area contributed by atoms with Crippen molar-refractivity contribution in [3.05, 3.63) is 70.6 Å². The Morgan fingerprint density at radius 1 is 1.15 bits per heavy atom. The van der Waals surface area contributed by atoms with Gasteiger partial charge in [0.1, 0.15) is 6.04 Å². The minimum atomic E-state index is -0.364. The van der Waals surface area contributed by atoms with E-state index in [-0.39, 0.29) is 17.9 Å². The fraction of sp³-hybridized carbons (Fsp3) is 0.286. The van der Waals surface area contributed by atoms with Gasteiger partial charge in [0.15, 0.2) is 0 Å². The molecule has 0 spiro atoms. The second kappa shape index (κ2) is 8.35. The molecule has 27 heavy (non-hydrogen) atoms. The Balaban J connectivity index is 1.83. The monoisotopic (exact) mass is 383 g/mol. The third-order valence-corrected chi connectivity index (χ3v) is 4.88. The second-order valence-electron chi connectivity index (χ2n) is 6.67. The normalized spacial score (nSPS) is 13.2. The zero-order valence-electron chi connectivity index (χ0n) is 15.6. The van der Waals surface area contributed by atoms with Gasteiger partial charge in [-0.3, -0.25) is 4.79 Å². The van der Waals surface area contributed by atoms with E-state index in [0.29, 0.717) is 22.3 Å². The number of halogens is 1. The lowest BCUT2D eigenvalue weighted by Crippen LogP contribution is -2.32. The molecule has 1 N–H and O–H groups in total. The summed E-state index contributed by atoms with van der Waals surface area (Å²) in [5, 5.41) is 7.75. The number of aromatic nitrogens is 2. The largest absolute Gasteiger partial charge is 0.340 e. The number of nitrogens with zero attached hydrogens (tertiary/aromatic N) is 2. The molecule has 3 aromatic rings. The lowest BCUT2D eigenvalue weighted by Gasteiger charge is -2.20. The van der Waals surface area contributed by atoms with Crippen LogP contribution in [0.25, 0.3) is 11.4 Å². The summed E-state index contributed by atoms with van der Waals surface area (Å²) < 4.78 is 5.48. The maximum Gasteiger partial charge on any atom is 0.251 e. The third-order valence-electron chi connectivity index (χ3n) is 4.62. The van der Waals surface area contributed by atoms with Crippen LogP contribution in [0.5, 0.6) is 0 Å². The standard InChI is InChI=1S/C21H22ClN3O2/c1-4-14(3)18(23-20(26)16-7-5-13(2)6-8-16)21-24-19(25-27-21)15-9-11-17(22)12-10-15/h5-12,14,18H,4H2,1-3H3,(H,23,26)/t14-,18+/m0/s1. The Bertz CT molecular complexity index is 904. The van der Waals surface area contributed by atoms with Crippen LogP contribution in [0.1, 0.15) is 48.1 Å². The first kappa shape index (κ1) is 19.1. The first-order valence-electron chi connectivity index (χ1n) is 8.95. The minimum Gasteiger partial charge on any atom is -0.340 e. The van der Waals surface area contributed by atoms with Gasteiger partial charge in [-0.2, -0.15) is 4.98 Å². The molecule has 2 aromatic carbocycles. The van der Waals surface area contributed by atoms with Crippen LogP contribution < -0.4 is 5.32 Å². The lowest BCUT2D eigenvalue weighted by atomic mass is 9.98. The van der Waals surface area contributed by atoms with Gasteiger partial charge >= 0.3 is 0 Å². The van der Waals surface area contributed by atoms with Crippen LogP contribution >= 0.6 is 11.6 Å².